The molecule has 0 bridgehead atoms. The fourth-order valence-corrected chi connectivity index (χ4v) is 3.98. The molecule has 1 unspecified atom stereocenters. The Hall–Kier alpha value is -2.67. The van der Waals surface area contributed by atoms with Crippen molar-refractivity contribution in [2.24, 2.45) is 5.92 Å². The lowest BCUT2D eigenvalue weighted by Gasteiger charge is -2.14. The minimum absolute atomic E-state index is 0.0363. The number of nitrogens with zero attached hydrogens (tertiary/aromatic N) is 4. The number of carbonyl (C=O) groups is 1. The number of amides is 1. The molecule has 4 rings (SSSR count). The first-order valence-corrected chi connectivity index (χ1v) is 10.5. The molecule has 144 valence electrons. The van der Waals surface area contributed by atoms with Crippen LogP contribution in [0.1, 0.15) is 25.3 Å². The highest BCUT2D eigenvalue weighted by atomic mass is 32.2. The molecule has 0 spiro atoms. The van der Waals surface area contributed by atoms with E-state index in [4.69, 9.17) is 0 Å². The van der Waals surface area contributed by atoms with E-state index in [2.05, 4.69) is 40.4 Å². The van der Waals surface area contributed by atoms with Gasteiger partial charge >= 0.3 is 0 Å². The van der Waals surface area contributed by atoms with Gasteiger partial charge in [-0.1, -0.05) is 30.0 Å². The maximum Gasteiger partial charge on any atom is 0.230 e. The summed E-state index contributed by atoms with van der Waals surface area (Å²) >= 11 is 1.41. The van der Waals surface area contributed by atoms with Gasteiger partial charge in [0.2, 0.25) is 5.91 Å². The fourth-order valence-electron chi connectivity index (χ4n) is 3.22. The van der Waals surface area contributed by atoms with Crippen LogP contribution in [-0.2, 0) is 4.79 Å². The normalized spacial score (nSPS) is 14.6. The van der Waals surface area contributed by atoms with E-state index in [-0.39, 0.29) is 11.9 Å². The lowest BCUT2D eigenvalue weighted by molar-refractivity contribution is -0.119. The third-order valence-corrected chi connectivity index (χ3v) is 5.91. The Morgan fingerprint density at radius 3 is 2.68 bits per heavy atom. The van der Waals surface area contributed by atoms with Crippen LogP contribution in [0.3, 0.4) is 0 Å². The number of thioether (sulfide) groups is 1. The Morgan fingerprint density at radius 2 is 1.96 bits per heavy atom. The second-order valence-electron chi connectivity index (χ2n) is 7.15. The summed E-state index contributed by atoms with van der Waals surface area (Å²) < 4.78 is 2.02. The van der Waals surface area contributed by atoms with Crippen LogP contribution in [0.25, 0.3) is 17.1 Å². The molecule has 7 heteroatoms. The van der Waals surface area contributed by atoms with Crippen LogP contribution in [0.5, 0.6) is 0 Å². The summed E-state index contributed by atoms with van der Waals surface area (Å²) in [7, 11) is 0. The Bertz CT molecular complexity index is 968. The van der Waals surface area contributed by atoms with Crippen molar-refractivity contribution in [2.75, 3.05) is 5.75 Å². The molecule has 28 heavy (non-hydrogen) atoms. The van der Waals surface area contributed by atoms with Gasteiger partial charge in [0, 0.05) is 24.0 Å². The van der Waals surface area contributed by atoms with E-state index in [0.29, 0.717) is 16.8 Å². The van der Waals surface area contributed by atoms with E-state index < -0.39 is 0 Å². The Morgan fingerprint density at radius 1 is 1.21 bits per heavy atom. The maximum absolute atomic E-state index is 12.4. The van der Waals surface area contributed by atoms with Crippen molar-refractivity contribution in [3.05, 3.63) is 54.4 Å². The Kier molecular flexibility index (Phi) is 5.43. The SMILES string of the molecule is Cc1ccccc1-n1c(SCC(=O)NC(C)C2CC2)nnc1-c1ccncc1. The minimum Gasteiger partial charge on any atom is -0.353 e. The topological polar surface area (TPSA) is 72.7 Å². The van der Waals surface area contributed by atoms with E-state index in [9.17, 15) is 4.79 Å². The predicted octanol–water partition coefficient (Wildman–Crippen LogP) is 3.64. The smallest absolute Gasteiger partial charge is 0.230 e. The summed E-state index contributed by atoms with van der Waals surface area (Å²) in [5.41, 5.74) is 3.06. The third kappa shape index (κ3) is 4.09. The molecule has 0 saturated heterocycles. The van der Waals surface area contributed by atoms with Gasteiger partial charge in [-0.25, -0.2) is 0 Å². The van der Waals surface area contributed by atoms with Gasteiger partial charge in [0.25, 0.3) is 0 Å². The van der Waals surface area contributed by atoms with E-state index in [1.54, 1.807) is 12.4 Å². The number of pyridine rings is 1. The summed E-state index contributed by atoms with van der Waals surface area (Å²) in [6.07, 6.45) is 5.91. The fraction of sp³-hybridized carbons (Fsp3) is 0.333. The highest BCUT2D eigenvalue weighted by Gasteiger charge is 2.29. The first-order chi connectivity index (χ1) is 13.6. The van der Waals surface area contributed by atoms with Crippen molar-refractivity contribution >= 4 is 17.7 Å². The zero-order chi connectivity index (χ0) is 19.5. The summed E-state index contributed by atoms with van der Waals surface area (Å²) in [5.74, 6) is 1.74. The van der Waals surface area contributed by atoms with Crippen molar-refractivity contribution in [1.82, 2.24) is 25.1 Å². The summed E-state index contributed by atoms with van der Waals surface area (Å²) in [5, 5.41) is 12.6. The van der Waals surface area contributed by atoms with E-state index >= 15 is 0 Å². The van der Waals surface area contributed by atoms with Crippen molar-refractivity contribution in [3.63, 3.8) is 0 Å². The molecule has 0 aliphatic heterocycles. The number of rotatable bonds is 7. The molecule has 1 fully saturated rings. The monoisotopic (exact) mass is 393 g/mol. The number of hydrogen-bond acceptors (Lipinski definition) is 5. The summed E-state index contributed by atoms with van der Waals surface area (Å²) in [6, 6.07) is 12.2. The molecule has 1 N–H and O–H groups in total. The van der Waals surface area contributed by atoms with Crippen LogP contribution in [0, 0.1) is 12.8 Å². The first kappa shape index (κ1) is 18.7. The summed E-state index contributed by atoms with van der Waals surface area (Å²) in [6.45, 7) is 4.14. The number of aryl methyl sites for hydroxylation is 1. The van der Waals surface area contributed by atoms with Crippen LogP contribution in [0.15, 0.2) is 53.9 Å². The average Bonchev–Trinajstić information content (AvgIpc) is 3.48. The number of benzene rings is 1. The van der Waals surface area contributed by atoms with Crippen molar-refractivity contribution < 1.29 is 4.79 Å². The molecule has 1 aliphatic carbocycles. The quantitative estimate of drug-likeness (QED) is 0.621. The van der Waals surface area contributed by atoms with Crippen LogP contribution < -0.4 is 5.32 Å². The molecule has 0 radical (unpaired) electrons. The van der Waals surface area contributed by atoms with Gasteiger partial charge in [0.05, 0.1) is 11.4 Å². The highest BCUT2D eigenvalue weighted by molar-refractivity contribution is 7.99. The predicted molar refractivity (Wildman–Crippen MR) is 110 cm³/mol. The molecule has 1 aromatic carbocycles. The minimum atomic E-state index is 0.0363. The van der Waals surface area contributed by atoms with Gasteiger partial charge in [-0.15, -0.1) is 10.2 Å². The molecule has 3 aromatic rings. The molecule has 2 heterocycles. The standard InChI is InChI=1S/C21H23N5OS/c1-14-5-3-4-6-18(14)26-20(17-9-11-22-12-10-17)24-25-21(26)28-13-19(27)23-15(2)16-7-8-16/h3-6,9-12,15-16H,7-8,13H2,1-2H3,(H,23,27). The van der Waals surface area contributed by atoms with Gasteiger partial charge in [0.15, 0.2) is 11.0 Å². The molecule has 6 nitrogen and oxygen atoms in total. The van der Waals surface area contributed by atoms with Gasteiger partial charge in [-0.05, 0) is 56.4 Å². The molecular formula is C21H23N5OS. The largest absolute Gasteiger partial charge is 0.353 e. The van der Waals surface area contributed by atoms with Gasteiger partial charge in [-0.3, -0.25) is 14.3 Å². The third-order valence-electron chi connectivity index (χ3n) is 4.98. The first-order valence-electron chi connectivity index (χ1n) is 9.47. The summed E-state index contributed by atoms with van der Waals surface area (Å²) in [4.78, 5) is 16.4. The highest BCUT2D eigenvalue weighted by Crippen LogP contribution is 2.32. The van der Waals surface area contributed by atoms with E-state index in [1.807, 2.05) is 34.9 Å². The van der Waals surface area contributed by atoms with Crippen LogP contribution >= 0.6 is 11.8 Å². The molecule has 1 aliphatic rings. The number of aromatic nitrogens is 4. The van der Waals surface area contributed by atoms with Crippen molar-refractivity contribution in [3.8, 4) is 17.1 Å². The zero-order valence-electron chi connectivity index (χ0n) is 16.0. The number of hydrogen-bond donors (Lipinski definition) is 1. The van der Waals surface area contributed by atoms with Gasteiger partial charge in [-0.2, -0.15) is 0 Å². The molecule has 1 atom stereocenters. The number of nitrogens with one attached hydrogen (secondary N) is 1. The van der Waals surface area contributed by atoms with Crippen LogP contribution in [-0.4, -0.2) is 37.5 Å². The van der Waals surface area contributed by atoms with Crippen LogP contribution in [0.4, 0.5) is 0 Å². The Balaban J connectivity index is 1.61. The number of carbonyl (C=O) groups excluding carboxylic acids is 1. The van der Waals surface area contributed by atoms with Crippen molar-refractivity contribution in [1.29, 1.82) is 0 Å². The van der Waals surface area contributed by atoms with E-state index in [0.717, 1.165) is 22.6 Å². The second-order valence-corrected chi connectivity index (χ2v) is 8.09. The lowest BCUT2D eigenvalue weighted by Crippen LogP contribution is -2.35. The van der Waals surface area contributed by atoms with Crippen molar-refractivity contribution in [2.45, 2.75) is 37.9 Å². The molecule has 2 aromatic heterocycles. The lowest BCUT2D eigenvalue weighted by atomic mass is 10.2. The number of para-hydroxylation sites is 1. The van der Waals surface area contributed by atoms with E-state index in [1.165, 1.54) is 24.6 Å². The van der Waals surface area contributed by atoms with Gasteiger partial charge < -0.3 is 5.32 Å². The molecule has 1 amide bonds. The average molecular weight is 394 g/mol. The molecular weight excluding hydrogens is 370 g/mol. The maximum atomic E-state index is 12.4. The second kappa shape index (κ2) is 8.14. The van der Waals surface area contributed by atoms with Crippen LogP contribution in [0.2, 0.25) is 0 Å². The Labute approximate surface area is 168 Å². The molecule has 1 saturated carbocycles. The van der Waals surface area contributed by atoms with Gasteiger partial charge in [0.1, 0.15) is 0 Å². The zero-order valence-corrected chi connectivity index (χ0v) is 16.8.